The number of halogens is 2. The molecule has 0 aliphatic carbocycles. The minimum absolute atomic E-state index is 0.365. The molecule has 8 bridgehead atoms. The molecule has 2 aliphatic rings. The molecule has 0 spiro atoms. The first-order valence-corrected chi connectivity index (χ1v) is 18.3. The first-order valence-electron chi connectivity index (χ1n) is 16.7. The third kappa shape index (κ3) is 7.77. The topological polar surface area (TPSA) is 135 Å². The van der Waals surface area contributed by atoms with Crippen LogP contribution in [-0.2, 0) is 9.47 Å². The Labute approximate surface area is 317 Å². The van der Waals surface area contributed by atoms with Crippen LogP contribution in [0.25, 0.3) is 68.6 Å². The highest BCUT2D eigenvalue weighted by molar-refractivity contribution is 9.11. The summed E-state index contributed by atoms with van der Waals surface area (Å²) >= 11 is 7.66. The molecule has 0 amide bonds. The van der Waals surface area contributed by atoms with Gasteiger partial charge in [0, 0.05) is 49.2 Å². The fraction of sp³-hybridized carbons (Fsp3) is 0.200. The molecule has 12 heteroatoms. The van der Waals surface area contributed by atoms with Gasteiger partial charge < -0.3 is 39.1 Å². The highest BCUT2D eigenvalue weighted by Crippen LogP contribution is 2.37. The van der Waals surface area contributed by atoms with Gasteiger partial charge in [0.25, 0.3) is 0 Å². The lowest BCUT2D eigenvalue weighted by Crippen LogP contribution is -2.17. The summed E-state index contributed by atoms with van der Waals surface area (Å²) in [5.41, 5.74) is 10.1. The maximum atomic E-state index is 10.2. The number of aromatic nitrogens is 4. The van der Waals surface area contributed by atoms with E-state index in [4.69, 9.17) is 28.9 Å². The van der Waals surface area contributed by atoms with Gasteiger partial charge in [-0.3, -0.25) is 0 Å². The van der Waals surface area contributed by atoms with Crippen molar-refractivity contribution in [2.75, 3.05) is 27.4 Å². The summed E-state index contributed by atoms with van der Waals surface area (Å²) in [5.74, 6) is 1.10. The van der Waals surface area contributed by atoms with E-state index in [1.807, 2.05) is 97.1 Å². The summed E-state index contributed by atoms with van der Waals surface area (Å²) in [6.45, 7) is 0.793. The van der Waals surface area contributed by atoms with E-state index >= 15 is 0 Å². The van der Waals surface area contributed by atoms with Gasteiger partial charge in [-0.15, -0.1) is 0 Å². The van der Waals surface area contributed by atoms with Crippen LogP contribution in [0.15, 0.2) is 81.7 Å². The number of H-pyrrole nitrogens is 2. The van der Waals surface area contributed by atoms with Crippen LogP contribution in [0.5, 0.6) is 11.5 Å². The number of methoxy groups -OCH3 is 2. The lowest BCUT2D eigenvalue weighted by molar-refractivity contribution is -0.0374. The van der Waals surface area contributed by atoms with Gasteiger partial charge >= 0.3 is 0 Å². The lowest BCUT2D eigenvalue weighted by atomic mass is 10.0. The van der Waals surface area contributed by atoms with Crippen LogP contribution >= 0.6 is 31.9 Å². The smallest absolute Gasteiger partial charge is 0.199 e. The predicted octanol–water partition coefficient (Wildman–Crippen LogP) is 8.98. The minimum atomic E-state index is -0.967. The van der Waals surface area contributed by atoms with Gasteiger partial charge in [0.1, 0.15) is 11.5 Å². The number of benzene rings is 2. The fourth-order valence-electron chi connectivity index (χ4n) is 6.01. The standard InChI is InChI=1S/C40H36Br2N4O6/c1-49-21-19-35(47)51-25-7-3-23(4-8-25)37-27-11-15-31(43-27)39(41)33-17-13-29(45-33)38(24-5-9-26(10-6-24)52-36(48)20-22-50-2)30-14-18-34(46-30)40(42)32-16-12-28(37)44-32/h3-18,35-36,43,46-48H,19-22H2,1-2H3. The van der Waals surface area contributed by atoms with E-state index in [2.05, 4.69) is 41.8 Å². The van der Waals surface area contributed by atoms with Gasteiger partial charge in [-0.05, 0) is 116 Å². The summed E-state index contributed by atoms with van der Waals surface area (Å²) in [4.78, 5) is 17.3. The van der Waals surface area contributed by atoms with Crippen molar-refractivity contribution in [2.24, 2.45) is 0 Å². The van der Waals surface area contributed by atoms with Crippen molar-refractivity contribution >= 4 is 78.2 Å². The van der Waals surface area contributed by atoms with Crippen LogP contribution in [0.2, 0.25) is 0 Å². The second-order valence-electron chi connectivity index (χ2n) is 12.1. The molecule has 0 saturated carbocycles. The Morgan fingerprint density at radius 2 is 0.904 bits per heavy atom. The number of nitrogens with zero attached hydrogens (tertiary/aromatic N) is 2. The number of hydrogen-bond acceptors (Lipinski definition) is 8. The molecule has 266 valence electrons. The molecule has 7 rings (SSSR count). The molecular weight excluding hydrogens is 792 g/mol. The molecule has 2 aliphatic heterocycles. The molecule has 2 atom stereocenters. The molecule has 5 aromatic rings. The average Bonchev–Trinajstić information content (AvgIpc) is 3.99. The Balaban J connectivity index is 1.37. The van der Waals surface area contributed by atoms with E-state index in [0.29, 0.717) is 37.6 Å². The van der Waals surface area contributed by atoms with Gasteiger partial charge in [-0.2, -0.15) is 0 Å². The van der Waals surface area contributed by atoms with E-state index in [-0.39, 0.29) is 0 Å². The van der Waals surface area contributed by atoms with Crippen LogP contribution in [0.4, 0.5) is 0 Å². The summed E-state index contributed by atoms with van der Waals surface area (Å²) < 4.78 is 23.1. The average molecular weight is 829 g/mol. The zero-order valence-electron chi connectivity index (χ0n) is 28.4. The van der Waals surface area contributed by atoms with Crippen LogP contribution in [0.1, 0.15) is 35.6 Å². The van der Waals surface area contributed by atoms with Crippen molar-refractivity contribution < 1.29 is 29.2 Å². The molecule has 52 heavy (non-hydrogen) atoms. The Kier molecular flexibility index (Phi) is 11.0. The highest BCUT2D eigenvalue weighted by Gasteiger charge is 2.17. The molecule has 2 aromatic carbocycles. The Morgan fingerprint density at radius 3 is 1.29 bits per heavy atom. The summed E-state index contributed by atoms with van der Waals surface area (Å²) in [7, 11) is 3.18. The maximum absolute atomic E-state index is 10.2. The monoisotopic (exact) mass is 826 g/mol. The van der Waals surface area contributed by atoms with Crippen molar-refractivity contribution in [3.8, 4) is 33.8 Å². The molecule has 3 aromatic heterocycles. The Hall–Kier alpha value is -4.56. The van der Waals surface area contributed by atoms with E-state index in [0.717, 1.165) is 76.0 Å². The molecule has 10 nitrogen and oxygen atoms in total. The first-order chi connectivity index (χ1) is 25.3. The second-order valence-corrected chi connectivity index (χ2v) is 13.7. The molecule has 2 unspecified atom stereocenters. The molecule has 5 heterocycles. The molecule has 0 saturated heterocycles. The largest absolute Gasteiger partial charge is 0.465 e. The maximum Gasteiger partial charge on any atom is 0.199 e. The van der Waals surface area contributed by atoms with Gasteiger partial charge in [0.15, 0.2) is 12.6 Å². The van der Waals surface area contributed by atoms with Crippen molar-refractivity contribution in [1.29, 1.82) is 0 Å². The van der Waals surface area contributed by atoms with E-state index < -0.39 is 12.6 Å². The second kappa shape index (κ2) is 16.0. The number of nitrogens with one attached hydrogen (secondary N) is 2. The van der Waals surface area contributed by atoms with Crippen LogP contribution in [0, 0.1) is 0 Å². The predicted molar refractivity (Wildman–Crippen MR) is 211 cm³/mol. The van der Waals surface area contributed by atoms with Crippen LogP contribution in [0.3, 0.4) is 0 Å². The van der Waals surface area contributed by atoms with Crippen molar-refractivity contribution in [2.45, 2.75) is 25.4 Å². The molecule has 4 N–H and O–H groups in total. The number of ether oxygens (including phenoxy) is 4. The molecular formula is C40H36Br2N4O6. The van der Waals surface area contributed by atoms with E-state index in [9.17, 15) is 10.2 Å². The highest BCUT2D eigenvalue weighted by atomic mass is 79.9. The quantitative estimate of drug-likeness (QED) is 0.0898. The number of aliphatic hydroxyl groups is 2. The number of rotatable bonds is 12. The molecule has 0 fully saturated rings. The number of aromatic amines is 2. The number of aliphatic hydroxyl groups excluding tert-OH is 2. The Morgan fingerprint density at radius 1 is 0.538 bits per heavy atom. The zero-order valence-corrected chi connectivity index (χ0v) is 31.6. The van der Waals surface area contributed by atoms with Crippen LogP contribution in [-0.4, -0.2) is 70.2 Å². The zero-order chi connectivity index (χ0) is 36.2. The van der Waals surface area contributed by atoms with Crippen molar-refractivity contribution in [1.82, 2.24) is 19.9 Å². The third-order valence-electron chi connectivity index (χ3n) is 8.59. The first kappa shape index (κ1) is 35.8. The SMILES string of the molecule is COCCC(O)Oc1ccc(-c2c3nc(c(Br)c4ccc([nH]4)c(-c4ccc(OC(O)CCOC)cc4)c4nc(c(Br)c5ccc2[nH]5)C=C4)C=C3)cc1. The summed E-state index contributed by atoms with van der Waals surface area (Å²) in [6.07, 6.45) is 6.78. The van der Waals surface area contributed by atoms with E-state index in [1.54, 1.807) is 14.2 Å². The van der Waals surface area contributed by atoms with Crippen molar-refractivity contribution in [3.63, 3.8) is 0 Å². The lowest BCUT2D eigenvalue weighted by Gasteiger charge is -2.13. The molecule has 0 radical (unpaired) electrons. The summed E-state index contributed by atoms with van der Waals surface area (Å²) in [6, 6.07) is 23.3. The minimum Gasteiger partial charge on any atom is -0.465 e. The van der Waals surface area contributed by atoms with Gasteiger partial charge in [-0.25, -0.2) is 9.97 Å². The fourth-order valence-corrected chi connectivity index (χ4v) is 6.92. The van der Waals surface area contributed by atoms with Gasteiger partial charge in [0.2, 0.25) is 0 Å². The number of hydrogen-bond donors (Lipinski definition) is 4. The van der Waals surface area contributed by atoms with E-state index in [1.165, 1.54) is 0 Å². The number of fused-ring (bicyclic) bond motifs is 8. The Bertz CT molecular complexity index is 2140. The van der Waals surface area contributed by atoms with Crippen LogP contribution < -0.4 is 9.47 Å². The van der Waals surface area contributed by atoms with Gasteiger partial charge in [0.05, 0.1) is 56.0 Å². The normalized spacial score (nSPS) is 13.3. The third-order valence-corrected chi connectivity index (χ3v) is 10.3. The van der Waals surface area contributed by atoms with Crippen molar-refractivity contribution in [3.05, 3.63) is 105 Å². The summed E-state index contributed by atoms with van der Waals surface area (Å²) in [5, 5.41) is 20.4. The van der Waals surface area contributed by atoms with Gasteiger partial charge in [-0.1, -0.05) is 24.3 Å².